The first-order valence-electron chi connectivity index (χ1n) is 4.92. The van der Waals surface area contributed by atoms with Gasteiger partial charge in [-0.3, -0.25) is 0 Å². The van der Waals surface area contributed by atoms with Gasteiger partial charge in [0, 0.05) is 5.39 Å². The zero-order valence-corrected chi connectivity index (χ0v) is 9.23. The van der Waals surface area contributed by atoms with E-state index in [9.17, 15) is 26.3 Å². The van der Waals surface area contributed by atoms with Gasteiger partial charge in [-0.25, -0.2) is 22.0 Å². The van der Waals surface area contributed by atoms with E-state index in [2.05, 4.69) is 4.65 Å². The van der Waals surface area contributed by atoms with E-state index in [1.807, 2.05) is 0 Å². The Morgan fingerprint density at radius 2 is 1.35 bits per heavy atom. The summed E-state index contributed by atoms with van der Waals surface area (Å²) in [6, 6.07) is 0.136. The topological polar surface area (TPSA) is 49.7 Å². The number of hydrogen-bond acceptors (Lipinski definition) is 3. The highest BCUT2D eigenvalue weighted by molar-refractivity contribution is 6.34. The molecule has 0 aromatic heterocycles. The molecule has 106 valence electrons. The van der Waals surface area contributed by atoms with Crippen LogP contribution in [-0.2, 0) is 0 Å². The fraction of sp³-hybridized carbons (Fsp3) is 0. The predicted octanol–water partition coefficient (Wildman–Crippen LogP) is 2.02. The van der Waals surface area contributed by atoms with Gasteiger partial charge in [0.15, 0.2) is 34.8 Å². The van der Waals surface area contributed by atoms with E-state index in [0.717, 1.165) is 0 Å². The Bertz CT molecular complexity index is 697. The molecule has 2 aromatic carbocycles. The minimum Gasteiger partial charge on any atom is -0.509 e. The molecule has 0 saturated heterocycles. The van der Waals surface area contributed by atoms with Crippen LogP contribution in [0.1, 0.15) is 0 Å². The molecule has 0 saturated carbocycles. The minimum absolute atomic E-state index is 0.136. The third-order valence-corrected chi connectivity index (χ3v) is 2.43. The van der Waals surface area contributed by atoms with Crippen molar-refractivity contribution >= 4 is 18.1 Å². The van der Waals surface area contributed by atoms with Crippen molar-refractivity contribution in [2.75, 3.05) is 0 Å². The maximum Gasteiger partial charge on any atom is 0.707 e. The Morgan fingerprint density at radius 1 is 0.800 bits per heavy atom. The lowest BCUT2D eigenvalue weighted by molar-refractivity contribution is 0.280. The molecule has 2 aromatic rings. The van der Waals surface area contributed by atoms with Crippen molar-refractivity contribution in [3.8, 4) is 5.75 Å². The summed E-state index contributed by atoms with van der Waals surface area (Å²) < 4.78 is 83.5. The lowest BCUT2D eigenvalue weighted by Gasteiger charge is -2.12. The predicted molar refractivity (Wildman–Crippen MR) is 54.5 cm³/mol. The van der Waals surface area contributed by atoms with Gasteiger partial charge in [0.25, 0.3) is 0 Å². The molecule has 0 amide bonds. The van der Waals surface area contributed by atoms with Crippen LogP contribution in [0.15, 0.2) is 6.07 Å². The van der Waals surface area contributed by atoms with Crippen molar-refractivity contribution in [2.24, 2.45) is 0 Å². The second kappa shape index (κ2) is 4.87. The van der Waals surface area contributed by atoms with Crippen molar-refractivity contribution in [3.63, 3.8) is 0 Å². The summed E-state index contributed by atoms with van der Waals surface area (Å²) in [7, 11) is -2.67. The van der Waals surface area contributed by atoms with Gasteiger partial charge in [-0.2, -0.15) is 4.39 Å². The monoisotopic (exact) mass is 296 g/mol. The van der Waals surface area contributed by atoms with Crippen molar-refractivity contribution in [1.82, 2.24) is 0 Å². The standard InChI is InChI=1S/C10H3BF6O3/c12-3-1-2-4(6(14)5(3)13)7(15)8(16)9(17)10(2)20-11(18)19/h1,18-19H. The molecule has 2 N–H and O–H groups in total. The first-order valence-corrected chi connectivity index (χ1v) is 4.92. The molecule has 0 aliphatic carbocycles. The zero-order chi connectivity index (χ0) is 15.2. The number of rotatable bonds is 2. The summed E-state index contributed by atoms with van der Waals surface area (Å²) in [4.78, 5) is 0. The lowest BCUT2D eigenvalue weighted by atomic mass is 10.1. The van der Waals surface area contributed by atoms with Crippen LogP contribution in [0.4, 0.5) is 26.3 Å². The maximum absolute atomic E-state index is 13.4. The van der Waals surface area contributed by atoms with Gasteiger partial charge in [-0.1, -0.05) is 0 Å². The average molecular weight is 296 g/mol. The molecule has 10 heteroatoms. The molecular formula is C10H3BF6O3. The van der Waals surface area contributed by atoms with Crippen LogP contribution in [0.2, 0.25) is 0 Å². The average Bonchev–Trinajstić information content (AvgIpc) is 2.38. The van der Waals surface area contributed by atoms with Crippen molar-refractivity contribution in [2.45, 2.75) is 0 Å². The Hall–Kier alpha value is -1.94. The van der Waals surface area contributed by atoms with Crippen LogP contribution in [0.25, 0.3) is 10.8 Å². The maximum atomic E-state index is 13.4. The molecule has 0 fully saturated rings. The molecule has 0 aliphatic heterocycles. The fourth-order valence-electron chi connectivity index (χ4n) is 1.63. The van der Waals surface area contributed by atoms with E-state index in [1.54, 1.807) is 0 Å². The Morgan fingerprint density at radius 3 is 1.90 bits per heavy atom. The molecule has 3 nitrogen and oxygen atoms in total. The van der Waals surface area contributed by atoms with Gasteiger partial charge < -0.3 is 14.7 Å². The smallest absolute Gasteiger partial charge is 0.509 e. The quantitative estimate of drug-likeness (QED) is 0.506. The van der Waals surface area contributed by atoms with Crippen molar-refractivity contribution < 1.29 is 41.0 Å². The molecular weight excluding hydrogens is 293 g/mol. The minimum atomic E-state index is -2.67. The van der Waals surface area contributed by atoms with Crippen molar-refractivity contribution in [3.05, 3.63) is 41.0 Å². The largest absolute Gasteiger partial charge is 0.707 e. The van der Waals surface area contributed by atoms with Crippen molar-refractivity contribution in [1.29, 1.82) is 0 Å². The third kappa shape index (κ3) is 2.06. The van der Waals surface area contributed by atoms with E-state index in [0.29, 0.717) is 0 Å². The number of benzene rings is 2. The van der Waals surface area contributed by atoms with Gasteiger partial charge in [0.2, 0.25) is 5.82 Å². The third-order valence-electron chi connectivity index (χ3n) is 2.43. The molecule has 0 spiro atoms. The summed E-state index contributed by atoms with van der Waals surface area (Å²) in [5.41, 5.74) is 0. The van der Waals surface area contributed by atoms with Crippen LogP contribution in [0, 0.1) is 34.9 Å². The summed E-state index contributed by atoms with van der Waals surface area (Å²) in [5.74, 6) is -13.8. The summed E-state index contributed by atoms with van der Waals surface area (Å²) in [6.07, 6.45) is 0. The number of halogens is 6. The van der Waals surface area contributed by atoms with Gasteiger partial charge in [-0.15, -0.1) is 0 Å². The van der Waals surface area contributed by atoms with Gasteiger partial charge in [0.1, 0.15) is 0 Å². The summed E-state index contributed by atoms with van der Waals surface area (Å²) in [6.45, 7) is 0. The molecule has 0 radical (unpaired) electrons. The first kappa shape index (κ1) is 14.5. The van der Waals surface area contributed by atoms with E-state index < -0.39 is 58.7 Å². The molecule has 0 heterocycles. The molecule has 0 atom stereocenters. The Balaban J connectivity index is 2.98. The van der Waals surface area contributed by atoms with Crippen LogP contribution in [-0.4, -0.2) is 17.4 Å². The molecule has 20 heavy (non-hydrogen) atoms. The van der Waals surface area contributed by atoms with Gasteiger partial charge >= 0.3 is 7.32 Å². The lowest BCUT2D eigenvalue weighted by Crippen LogP contribution is -2.22. The van der Waals surface area contributed by atoms with E-state index in [1.165, 1.54) is 0 Å². The molecule has 0 aliphatic rings. The second-order valence-corrected chi connectivity index (χ2v) is 3.62. The van der Waals surface area contributed by atoms with E-state index >= 15 is 0 Å². The highest BCUT2D eigenvalue weighted by atomic mass is 19.2. The van der Waals surface area contributed by atoms with E-state index in [4.69, 9.17) is 10.0 Å². The van der Waals surface area contributed by atoms with Gasteiger partial charge in [0.05, 0.1) is 5.39 Å². The van der Waals surface area contributed by atoms with Crippen LogP contribution in [0.5, 0.6) is 5.75 Å². The summed E-state index contributed by atoms with van der Waals surface area (Å²) >= 11 is 0. The fourth-order valence-corrected chi connectivity index (χ4v) is 1.63. The highest BCUT2D eigenvalue weighted by Gasteiger charge is 2.29. The Kier molecular flexibility index (Phi) is 3.53. The van der Waals surface area contributed by atoms with Crippen LogP contribution < -0.4 is 4.65 Å². The highest BCUT2D eigenvalue weighted by Crippen LogP contribution is 2.36. The van der Waals surface area contributed by atoms with Crippen LogP contribution in [0.3, 0.4) is 0 Å². The summed E-state index contributed by atoms with van der Waals surface area (Å²) in [5, 5.41) is 14.6. The molecule has 2 rings (SSSR count). The number of hydrogen-bond donors (Lipinski definition) is 2. The molecule has 0 unspecified atom stereocenters. The second-order valence-electron chi connectivity index (χ2n) is 3.62. The van der Waals surface area contributed by atoms with Crippen LogP contribution >= 0.6 is 0 Å². The Labute approximate surface area is 107 Å². The zero-order valence-electron chi connectivity index (χ0n) is 9.23. The molecule has 0 bridgehead atoms. The SMILES string of the molecule is OB(O)Oc1c(F)c(F)c(F)c2c(F)c(F)c(F)cc12. The number of fused-ring (bicyclic) bond motifs is 1. The first-order chi connectivity index (χ1) is 9.25. The van der Waals surface area contributed by atoms with Gasteiger partial charge in [-0.05, 0) is 6.07 Å². The van der Waals surface area contributed by atoms with E-state index in [-0.39, 0.29) is 6.07 Å². The normalized spacial score (nSPS) is 11.0.